The predicted molar refractivity (Wildman–Crippen MR) is 85.6 cm³/mol. The van der Waals surface area contributed by atoms with Gasteiger partial charge in [-0.1, -0.05) is 27.7 Å². The Morgan fingerprint density at radius 3 is 2.45 bits per heavy atom. The Kier molecular flexibility index (Phi) is 9.89. The number of nitrogens with one attached hydrogen (secondary N) is 1. The SMILES string of the molecule is CC.COc1ccc([N+](=O)[O-])cc1OCC(O)CNC(C)C. The molecule has 0 aromatic heterocycles. The molecular weight excluding hydrogens is 288 g/mol. The molecule has 1 rings (SSSR count). The highest BCUT2D eigenvalue weighted by molar-refractivity contribution is 5.48. The van der Waals surface area contributed by atoms with Crippen LogP contribution in [0.3, 0.4) is 0 Å². The number of hydrogen-bond acceptors (Lipinski definition) is 6. The van der Waals surface area contributed by atoms with Crippen LogP contribution in [-0.4, -0.2) is 42.4 Å². The molecule has 0 bridgehead atoms. The average molecular weight is 314 g/mol. The second-order valence-corrected chi connectivity index (χ2v) is 4.62. The molecular formula is C15H26N2O5. The van der Waals surface area contributed by atoms with E-state index in [9.17, 15) is 15.2 Å². The van der Waals surface area contributed by atoms with E-state index in [1.54, 1.807) is 0 Å². The van der Waals surface area contributed by atoms with Crippen molar-refractivity contribution in [1.29, 1.82) is 0 Å². The molecule has 1 aromatic rings. The molecule has 0 radical (unpaired) electrons. The lowest BCUT2D eigenvalue weighted by Gasteiger charge is -2.16. The molecule has 0 saturated heterocycles. The lowest BCUT2D eigenvalue weighted by atomic mass is 10.2. The number of nitro benzene ring substituents is 1. The van der Waals surface area contributed by atoms with Crippen LogP contribution in [-0.2, 0) is 0 Å². The molecule has 1 unspecified atom stereocenters. The fourth-order valence-corrected chi connectivity index (χ4v) is 1.51. The van der Waals surface area contributed by atoms with E-state index in [0.29, 0.717) is 12.3 Å². The molecule has 0 saturated carbocycles. The first-order valence-electron chi connectivity index (χ1n) is 7.30. The summed E-state index contributed by atoms with van der Waals surface area (Å²) in [4.78, 5) is 10.2. The van der Waals surface area contributed by atoms with Crippen LogP contribution in [0.5, 0.6) is 11.5 Å². The average Bonchev–Trinajstić information content (AvgIpc) is 2.52. The summed E-state index contributed by atoms with van der Waals surface area (Å²) >= 11 is 0. The molecule has 2 N–H and O–H groups in total. The lowest BCUT2D eigenvalue weighted by molar-refractivity contribution is -0.385. The van der Waals surface area contributed by atoms with Gasteiger partial charge in [0.25, 0.3) is 5.69 Å². The number of hydrogen-bond donors (Lipinski definition) is 2. The van der Waals surface area contributed by atoms with Gasteiger partial charge in [-0.25, -0.2) is 0 Å². The molecule has 0 fully saturated rings. The van der Waals surface area contributed by atoms with Gasteiger partial charge in [0.2, 0.25) is 0 Å². The number of aliphatic hydroxyl groups excluding tert-OH is 1. The monoisotopic (exact) mass is 314 g/mol. The van der Waals surface area contributed by atoms with Crippen molar-refractivity contribution in [3.8, 4) is 11.5 Å². The minimum Gasteiger partial charge on any atom is -0.493 e. The molecule has 7 nitrogen and oxygen atoms in total. The number of non-ortho nitro benzene ring substituents is 1. The number of rotatable bonds is 8. The minimum absolute atomic E-state index is 0.0250. The highest BCUT2D eigenvalue weighted by Gasteiger charge is 2.14. The Hall–Kier alpha value is -1.86. The van der Waals surface area contributed by atoms with Gasteiger partial charge in [-0.15, -0.1) is 0 Å². The Morgan fingerprint density at radius 1 is 1.32 bits per heavy atom. The second-order valence-electron chi connectivity index (χ2n) is 4.62. The van der Waals surface area contributed by atoms with Gasteiger partial charge in [0.05, 0.1) is 18.1 Å². The van der Waals surface area contributed by atoms with Crippen molar-refractivity contribution in [3.05, 3.63) is 28.3 Å². The molecule has 7 heteroatoms. The van der Waals surface area contributed by atoms with Crippen molar-refractivity contribution in [2.75, 3.05) is 20.3 Å². The van der Waals surface area contributed by atoms with E-state index >= 15 is 0 Å². The fraction of sp³-hybridized carbons (Fsp3) is 0.600. The van der Waals surface area contributed by atoms with Crippen LogP contribution in [0, 0.1) is 10.1 Å². The summed E-state index contributed by atoms with van der Waals surface area (Å²) < 4.78 is 10.5. The standard InChI is InChI=1S/C13H20N2O5.C2H6/c1-9(2)14-7-11(16)8-20-13-6-10(15(17)18)4-5-12(13)19-3;1-2/h4-6,9,11,14,16H,7-8H2,1-3H3;1-2H3. The first kappa shape index (κ1) is 20.1. The number of benzene rings is 1. The van der Waals surface area contributed by atoms with Crippen LogP contribution >= 0.6 is 0 Å². The smallest absolute Gasteiger partial charge is 0.273 e. The number of aliphatic hydroxyl groups is 1. The van der Waals surface area contributed by atoms with Crippen LogP contribution in [0.1, 0.15) is 27.7 Å². The van der Waals surface area contributed by atoms with Gasteiger partial charge in [0, 0.05) is 18.7 Å². The van der Waals surface area contributed by atoms with Gasteiger partial charge in [-0.2, -0.15) is 0 Å². The zero-order valence-corrected chi connectivity index (χ0v) is 13.8. The van der Waals surface area contributed by atoms with E-state index in [2.05, 4.69) is 5.32 Å². The van der Waals surface area contributed by atoms with Gasteiger partial charge in [-0.05, 0) is 6.07 Å². The third-order valence-electron chi connectivity index (χ3n) is 2.55. The van der Waals surface area contributed by atoms with Crippen LogP contribution in [0.2, 0.25) is 0 Å². The summed E-state index contributed by atoms with van der Waals surface area (Å²) in [7, 11) is 1.45. The third-order valence-corrected chi connectivity index (χ3v) is 2.55. The van der Waals surface area contributed by atoms with Crippen molar-refractivity contribution >= 4 is 5.69 Å². The van der Waals surface area contributed by atoms with Crippen molar-refractivity contribution < 1.29 is 19.5 Å². The molecule has 0 aliphatic heterocycles. The quantitative estimate of drug-likeness (QED) is 0.565. The number of nitro groups is 1. The second kappa shape index (κ2) is 10.8. The molecule has 1 aromatic carbocycles. The van der Waals surface area contributed by atoms with Crippen molar-refractivity contribution in [2.24, 2.45) is 0 Å². The first-order valence-corrected chi connectivity index (χ1v) is 7.30. The molecule has 0 amide bonds. The Labute approximate surface area is 131 Å². The topological polar surface area (TPSA) is 93.9 Å². The van der Waals surface area contributed by atoms with E-state index in [0.717, 1.165) is 0 Å². The molecule has 0 aliphatic rings. The van der Waals surface area contributed by atoms with Gasteiger partial charge in [0.1, 0.15) is 12.7 Å². The van der Waals surface area contributed by atoms with Gasteiger partial charge in [0.15, 0.2) is 11.5 Å². The highest BCUT2D eigenvalue weighted by Crippen LogP contribution is 2.31. The maximum Gasteiger partial charge on any atom is 0.273 e. The maximum absolute atomic E-state index is 10.7. The predicted octanol–water partition coefficient (Wildman–Crippen LogP) is 2.37. The van der Waals surface area contributed by atoms with E-state index < -0.39 is 11.0 Å². The lowest BCUT2D eigenvalue weighted by Crippen LogP contribution is -2.35. The van der Waals surface area contributed by atoms with Crippen molar-refractivity contribution in [1.82, 2.24) is 5.32 Å². The van der Waals surface area contributed by atoms with E-state index in [1.165, 1.54) is 25.3 Å². The molecule has 0 spiro atoms. The van der Waals surface area contributed by atoms with E-state index in [4.69, 9.17) is 9.47 Å². The van der Waals surface area contributed by atoms with E-state index in [-0.39, 0.29) is 24.1 Å². The zero-order chi connectivity index (χ0) is 17.1. The number of nitrogens with zero attached hydrogens (tertiary/aromatic N) is 1. The van der Waals surface area contributed by atoms with Crippen LogP contribution < -0.4 is 14.8 Å². The highest BCUT2D eigenvalue weighted by atomic mass is 16.6. The summed E-state index contributed by atoms with van der Waals surface area (Å²) in [5, 5.41) is 23.5. The molecule has 126 valence electrons. The minimum atomic E-state index is -0.707. The number of methoxy groups -OCH3 is 1. The van der Waals surface area contributed by atoms with Crippen molar-refractivity contribution in [2.45, 2.75) is 39.8 Å². The largest absolute Gasteiger partial charge is 0.493 e. The summed E-state index contributed by atoms with van der Waals surface area (Å²) in [6.07, 6.45) is -0.707. The normalized spacial score (nSPS) is 11.4. The van der Waals surface area contributed by atoms with E-state index in [1.807, 2.05) is 27.7 Å². The fourth-order valence-electron chi connectivity index (χ4n) is 1.51. The maximum atomic E-state index is 10.7. The van der Waals surface area contributed by atoms with Gasteiger partial charge < -0.3 is 19.9 Å². The van der Waals surface area contributed by atoms with Gasteiger partial charge in [-0.3, -0.25) is 10.1 Å². The van der Waals surface area contributed by atoms with Crippen LogP contribution in [0.15, 0.2) is 18.2 Å². The molecule has 0 heterocycles. The van der Waals surface area contributed by atoms with Crippen LogP contribution in [0.25, 0.3) is 0 Å². The van der Waals surface area contributed by atoms with Crippen molar-refractivity contribution in [3.63, 3.8) is 0 Å². The first-order chi connectivity index (χ1) is 10.4. The zero-order valence-electron chi connectivity index (χ0n) is 13.8. The molecule has 22 heavy (non-hydrogen) atoms. The summed E-state index contributed by atoms with van der Waals surface area (Å²) in [6, 6.07) is 4.34. The third kappa shape index (κ3) is 7.24. The number of ether oxygens (including phenoxy) is 2. The van der Waals surface area contributed by atoms with Gasteiger partial charge >= 0.3 is 0 Å². The summed E-state index contributed by atoms with van der Waals surface area (Å²) in [5.41, 5.74) is -0.0874. The Balaban J connectivity index is 0.00000211. The Morgan fingerprint density at radius 2 is 1.95 bits per heavy atom. The molecule has 0 aliphatic carbocycles. The van der Waals surface area contributed by atoms with Crippen LogP contribution in [0.4, 0.5) is 5.69 Å². The Bertz CT molecular complexity index is 452. The molecule has 1 atom stereocenters. The summed E-state index contributed by atoms with van der Waals surface area (Å²) in [6.45, 7) is 8.35. The summed E-state index contributed by atoms with van der Waals surface area (Å²) in [5.74, 6) is 0.630.